The smallest absolute Gasteiger partial charge is 0.367 e. The molecule has 0 spiro atoms. The van der Waals surface area contributed by atoms with E-state index in [-0.39, 0.29) is 5.97 Å². The molecule has 104 valence electrons. The summed E-state index contributed by atoms with van der Waals surface area (Å²) < 4.78 is 10.3. The van der Waals surface area contributed by atoms with Gasteiger partial charge < -0.3 is 9.47 Å². The van der Waals surface area contributed by atoms with E-state index in [9.17, 15) is 4.79 Å². The fourth-order valence-corrected chi connectivity index (χ4v) is 3.36. The van der Waals surface area contributed by atoms with Gasteiger partial charge in [-0.15, -0.1) is 11.3 Å². The molecule has 1 aromatic heterocycles. The molecule has 0 saturated carbocycles. The summed E-state index contributed by atoms with van der Waals surface area (Å²) in [6, 6.07) is 5.99. The second-order valence-electron chi connectivity index (χ2n) is 4.53. The van der Waals surface area contributed by atoms with Crippen molar-refractivity contribution in [2.45, 2.75) is 19.8 Å². The molecule has 2 aromatic rings. The fourth-order valence-electron chi connectivity index (χ4n) is 2.39. The molecule has 1 aliphatic rings. The first kappa shape index (κ1) is 13.1. The van der Waals surface area contributed by atoms with Crippen LogP contribution in [-0.4, -0.2) is 24.7 Å². The molecule has 20 heavy (non-hydrogen) atoms. The van der Waals surface area contributed by atoms with Crippen LogP contribution in [0.5, 0.6) is 5.75 Å². The minimum Gasteiger partial charge on any atom is -0.497 e. The van der Waals surface area contributed by atoms with E-state index < -0.39 is 0 Å². The van der Waals surface area contributed by atoms with E-state index in [1.807, 2.05) is 18.2 Å². The van der Waals surface area contributed by atoms with Gasteiger partial charge in [0.2, 0.25) is 5.01 Å². The van der Waals surface area contributed by atoms with E-state index in [0.717, 1.165) is 34.7 Å². The highest BCUT2D eigenvalue weighted by molar-refractivity contribution is 7.14. The molecule has 0 N–H and O–H groups in total. The quantitative estimate of drug-likeness (QED) is 0.815. The number of aryl methyl sites for hydroxylation is 2. The van der Waals surface area contributed by atoms with E-state index in [1.54, 1.807) is 14.0 Å². The van der Waals surface area contributed by atoms with Crippen molar-refractivity contribution in [3.63, 3.8) is 0 Å². The van der Waals surface area contributed by atoms with Crippen LogP contribution < -0.4 is 4.74 Å². The molecule has 4 nitrogen and oxygen atoms in total. The number of thiazole rings is 1. The summed E-state index contributed by atoms with van der Waals surface area (Å²) >= 11 is 1.44. The van der Waals surface area contributed by atoms with Gasteiger partial charge in [0, 0.05) is 10.4 Å². The van der Waals surface area contributed by atoms with Crippen LogP contribution in [0.2, 0.25) is 0 Å². The number of esters is 1. The van der Waals surface area contributed by atoms with Crippen molar-refractivity contribution in [1.29, 1.82) is 0 Å². The fraction of sp³-hybridized carbons (Fsp3) is 0.333. The van der Waals surface area contributed by atoms with Crippen LogP contribution >= 0.6 is 11.3 Å². The Hall–Kier alpha value is -1.88. The maximum absolute atomic E-state index is 11.8. The topological polar surface area (TPSA) is 48.4 Å². The van der Waals surface area contributed by atoms with Crippen molar-refractivity contribution in [3.8, 4) is 17.0 Å². The molecular formula is C15H15NO3S. The SMILES string of the molecule is CCOC(=O)c1nc2c(s1)CCc1cc(OC)ccc1-2. The van der Waals surface area contributed by atoms with E-state index in [0.29, 0.717) is 11.6 Å². The number of ether oxygens (including phenoxy) is 2. The number of hydrogen-bond donors (Lipinski definition) is 0. The zero-order valence-corrected chi connectivity index (χ0v) is 12.3. The lowest BCUT2D eigenvalue weighted by atomic mass is 9.93. The minimum atomic E-state index is -0.332. The van der Waals surface area contributed by atoms with Crippen LogP contribution in [0.25, 0.3) is 11.3 Å². The maximum atomic E-state index is 11.8. The van der Waals surface area contributed by atoms with Crippen LogP contribution in [0.4, 0.5) is 0 Å². The minimum absolute atomic E-state index is 0.332. The zero-order chi connectivity index (χ0) is 14.1. The molecule has 0 unspecified atom stereocenters. The van der Waals surface area contributed by atoms with Crippen LogP contribution in [0.15, 0.2) is 18.2 Å². The average molecular weight is 289 g/mol. The van der Waals surface area contributed by atoms with Gasteiger partial charge in [-0.1, -0.05) is 0 Å². The third-order valence-electron chi connectivity index (χ3n) is 3.34. The predicted octanol–water partition coefficient (Wildman–Crippen LogP) is 3.09. The van der Waals surface area contributed by atoms with E-state index in [1.165, 1.54) is 16.9 Å². The lowest BCUT2D eigenvalue weighted by molar-refractivity contribution is 0.0526. The highest BCUT2D eigenvalue weighted by Crippen LogP contribution is 2.37. The molecule has 0 amide bonds. The summed E-state index contributed by atoms with van der Waals surface area (Å²) in [5.41, 5.74) is 3.23. The summed E-state index contributed by atoms with van der Waals surface area (Å²) in [7, 11) is 1.66. The third-order valence-corrected chi connectivity index (χ3v) is 4.43. The standard InChI is InChI=1S/C15H15NO3S/c1-3-19-15(17)14-16-13-11-6-5-10(18-2)8-9(11)4-7-12(13)20-14/h5-6,8H,3-4,7H2,1-2H3. The molecule has 1 heterocycles. The summed E-state index contributed by atoms with van der Waals surface area (Å²) in [6.07, 6.45) is 1.86. The van der Waals surface area contributed by atoms with Crippen molar-refractivity contribution in [2.24, 2.45) is 0 Å². The molecule has 0 saturated heterocycles. The van der Waals surface area contributed by atoms with Gasteiger partial charge in [0.15, 0.2) is 0 Å². The molecule has 5 heteroatoms. The number of carbonyl (C=O) groups is 1. The van der Waals surface area contributed by atoms with Gasteiger partial charge in [-0.2, -0.15) is 0 Å². The van der Waals surface area contributed by atoms with E-state index in [4.69, 9.17) is 9.47 Å². The largest absolute Gasteiger partial charge is 0.497 e. The van der Waals surface area contributed by atoms with Crippen LogP contribution in [0, 0.1) is 0 Å². The van der Waals surface area contributed by atoms with Gasteiger partial charge in [0.05, 0.1) is 19.4 Å². The Bertz CT molecular complexity index is 663. The number of methoxy groups -OCH3 is 1. The Morgan fingerprint density at radius 3 is 3.00 bits per heavy atom. The Morgan fingerprint density at radius 2 is 2.25 bits per heavy atom. The van der Waals surface area contributed by atoms with Gasteiger partial charge in [-0.3, -0.25) is 0 Å². The second-order valence-corrected chi connectivity index (χ2v) is 5.62. The average Bonchev–Trinajstić information content (AvgIpc) is 2.91. The van der Waals surface area contributed by atoms with E-state index in [2.05, 4.69) is 4.98 Å². The van der Waals surface area contributed by atoms with Gasteiger partial charge in [-0.05, 0) is 43.5 Å². The second kappa shape index (κ2) is 5.25. The van der Waals surface area contributed by atoms with Crippen LogP contribution in [0.3, 0.4) is 0 Å². The Labute approximate surface area is 121 Å². The Balaban J connectivity index is 2.01. The number of fused-ring (bicyclic) bond motifs is 3. The molecule has 0 bridgehead atoms. The number of rotatable bonds is 3. The van der Waals surface area contributed by atoms with Crippen molar-refractivity contribution >= 4 is 17.3 Å². The van der Waals surface area contributed by atoms with Gasteiger partial charge in [0.25, 0.3) is 0 Å². The van der Waals surface area contributed by atoms with Crippen molar-refractivity contribution < 1.29 is 14.3 Å². The number of benzene rings is 1. The van der Waals surface area contributed by atoms with Crippen molar-refractivity contribution in [1.82, 2.24) is 4.98 Å². The Kier molecular flexibility index (Phi) is 3.44. The van der Waals surface area contributed by atoms with Crippen molar-refractivity contribution in [2.75, 3.05) is 13.7 Å². The predicted molar refractivity (Wildman–Crippen MR) is 77.5 cm³/mol. The first-order valence-corrected chi connectivity index (χ1v) is 7.38. The molecule has 1 aliphatic carbocycles. The molecule has 3 rings (SSSR count). The number of nitrogens with zero attached hydrogens (tertiary/aromatic N) is 1. The molecule has 0 fully saturated rings. The molecular weight excluding hydrogens is 274 g/mol. The summed E-state index contributed by atoms with van der Waals surface area (Å²) in [6.45, 7) is 2.17. The van der Waals surface area contributed by atoms with Gasteiger partial charge >= 0.3 is 5.97 Å². The molecule has 1 aromatic carbocycles. The highest BCUT2D eigenvalue weighted by Gasteiger charge is 2.24. The third kappa shape index (κ3) is 2.18. The lowest BCUT2D eigenvalue weighted by Gasteiger charge is -2.15. The Morgan fingerprint density at radius 1 is 1.40 bits per heavy atom. The number of hydrogen-bond acceptors (Lipinski definition) is 5. The first-order chi connectivity index (χ1) is 9.72. The normalized spacial score (nSPS) is 12.5. The van der Waals surface area contributed by atoms with E-state index >= 15 is 0 Å². The zero-order valence-electron chi connectivity index (χ0n) is 11.4. The lowest BCUT2D eigenvalue weighted by Crippen LogP contribution is -2.04. The monoisotopic (exact) mass is 289 g/mol. The molecule has 0 aliphatic heterocycles. The number of carbonyl (C=O) groups excluding carboxylic acids is 1. The number of aromatic nitrogens is 1. The van der Waals surface area contributed by atoms with Crippen LogP contribution in [-0.2, 0) is 17.6 Å². The van der Waals surface area contributed by atoms with Crippen molar-refractivity contribution in [3.05, 3.63) is 33.6 Å². The summed E-state index contributed by atoms with van der Waals surface area (Å²) in [5.74, 6) is 0.523. The molecule has 0 radical (unpaired) electrons. The highest BCUT2D eigenvalue weighted by atomic mass is 32.1. The van der Waals surface area contributed by atoms with Crippen LogP contribution in [0.1, 0.15) is 27.2 Å². The molecule has 0 atom stereocenters. The van der Waals surface area contributed by atoms with Gasteiger partial charge in [-0.25, -0.2) is 9.78 Å². The maximum Gasteiger partial charge on any atom is 0.367 e. The summed E-state index contributed by atoms with van der Waals surface area (Å²) in [5, 5.41) is 0.445. The first-order valence-electron chi connectivity index (χ1n) is 6.57. The summed E-state index contributed by atoms with van der Waals surface area (Å²) in [4.78, 5) is 17.4. The van der Waals surface area contributed by atoms with Gasteiger partial charge in [0.1, 0.15) is 5.75 Å².